The minimum absolute atomic E-state index is 0.00722. The zero-order valence-corrected chi connectivity index (χ0v) is 14.4. The summed E-state index contributed by atoms with van der Waals surface area (Å²) in [7, 11) is 1.88. The minimum Gasteiger partial charge on any atom is -0.347 e. The summed E-state index contributed by atoms with van der Waals surface area (Å²) in [6.45, 7) is 6.29. The van der Waals surface area contributed by atoms with Crippen molar-refractivity contribution in [3.8, 4) is 0 Å². The fourth-order valence-corrected chi connectivity index (χ4v) is 4.42. The Hall–Kier alpha value is -1.82. The standard InChI is InChI=1S/C18H26N4O2/c1-19-6-4-5-16(19)18(24)22-12-14-11-21(17(23)15(14)13-22)10-9-20-7-2-3-8-20/h4-6,14-15H,2-3,7-13H2,1H3/t14-,15+/m1/s1. The maximum Gasteiger partial charge on any atom is 0.270 e. The van der Waals surface area contributed by atoms with Crippen LogP contribution in [0.3, 0.4) is 0 Å². The van der Waals surface area contributed by atoms with Crippen molar-refractivity contribution in [3.05, 3.63) is 24.0 Å². The van der Waals surface area contributed by atoms with Gasteiger partial charge in [-0.15, -0.1) is 0 Å². The highest BCUT2D eigenvalue weighted by molar-refractivity contribution is 5.94. The Morgan fingerprint density at radius 2 is 1.96 bits per heavy atom. The molecule has 3 saturated heterocycles. The van der Waals surface area contributed by atoms with Gasteiger partial charge in [-0.1, -0.05) is 0 Å². The normalized spacial score (nSPS) is 27.3. The molecule has 24 heavy (non-hydrogen) atoms. The van der Waals surface area contributed by atoms with Crippen molar-refractivity contribution < 1.29 is 9.59 Å². The second kappa shape index (κ2) is 6.24. The predicted octanol–water partition coefficient (Wildman–Crippen LogP) is 0.651. The third kappa shape index (κ3) is 2.73. The molecule has 0 N–H and O–H groups in total. The van der Waals surface area contributed by atoms with Gasteiger partial charge in [0.15, 0.2) is 0 Å². The Balaban J connectivity index is 1.34. The van der Waals surface area contributed by atoms with Gasteiger partial charge in [0.2, 0.25) is 5.91 Å². The molecule has 1 aromatic rings. The molecule has 6 heteroatoms. The van der Waals surface area contributed by atoms with Gasteiger partial charge in [0, 0.05) is 51.9 Å². The van der Waals surface area contributed by atoms with Crippen LogP contribution in [0, 0.1) is 11.8 Å². The van der Waals surface area contributed by atoms with E-state index in [2.05, 4.69) is 4.90 Å². The number of carbonyl (C=O) groups is 2. The first-order valence-electron chi connectivity index (χ1n) is 9.05. The molecule has 3 aliphatic heterocycles. The highest BCUT2D eigenvalue weighted by atomic mass is 16.2. The molecule has 3 fully saturated rings. The molecule has 0 saturated carbocycles. The van der Waals surface area contributed by atoms with Crippen LogP contribution in [0.2, 0.25) is 0 Å². The predicted molar refractivity (Wildman–Crippen MR) is 90.6 cm³/mol. The lowest BCUT2D eigenvalue weighted by Crippen LogP contribution is -2.39. The highest BCUT2D eigenvalue weighted by Crippen LogP contribution is 2.33. The summed E-state index contributed by atoms with van der Waals surface area (Å²) in [5.41, 5.74) is 0.702. The summed E-state index contributed by atoms with van der Waals surface area (Å²) in [6.07, 6.45) is 4.46. The average molecular weight is 330 g/mol. The van der Waals surface area contributed by atoms with Crippen molar-refractivity contribution in [2.75, 3.05) is 45.8 Å². The van der Waals surface area contributed by atoms with E-state index in [-0.39, 0.29) is 17.7 Å². The number of likely N-dealkylation sites (tertiary alicyclic amines) is 3. The van der Waals surface area contributed by atoms with Crippen molar-refractivity contribution in [1.29, 1.82) is 0 Å². The second-order valence-corrected chi connectivity index (χ2v) is 7.41. The van der Waals surface area contributed by atoms with Crippen molar-refractivity contribution in [2.24, 2.45) is 18.9 Å². The number of carbonyl (C=O) groups excluding carboxylic acids is 2. The van der Waals surface area contributed by atoms with Gasteiger partial charge < -0.3 is 19.3 Å². The van der Waals surface area contributed by atoms with Crippen LogP contribution in [0.1, 0.15) is 23.3 Å². The molecule has 4 heterocycles. The van der Waals surface area contributed by atoms with Crippen LogP contribution in [0.15, 0.2) is 18.3 Å². The molecule has 3 aliphatic rings. The van der Waals surface area contributed by atoms with E-state index in [1.165, 1.54) is 25.9 Å². The molecular weight excluding hydrogens is 304 g/mol. The number of hydrogen-bond donors (Lipinski definition) is 0. The Kier molecular flexibility index (Phi) is 4.08. The summed E-state index contributed by atoms with van der Waals surface area (Å²) in [5, 5.41) is 0. The molecule has 4 rings (SSSR count). The van der Waals surface area contributed by atoms with Gasteiger partial charge in [-0.3, -0.25) is 9.59 Å². The van der Waals surface area contributed by atoms with Crippen LogP contribution < -0.4 is 0 Å². The van der Waals surface area contributed by atoms with Crippen LogP contribution >= 0.6 is 0 Å². The summed E-state index contributed by atoms with van der Waals surface area (Å²) in [5.74, 6) is 0.614. The number of hydrogen-bond acceptors (Lipinski definition) is 3. The molecule has 0 bridgehead atoms. The van der Waals surface area contributed by atoms with Crippen LogP contribution in [0.5, 0.6) is 0 Å². The van der Waals surface area contributed by atoms with Gasteiger partial charge in [0.25, 0.3) is 5.91 Å². The first-order valence-corrected chi connectivity index (χ1v) is 9.05. The Morgan fingerprint density at radius 3 is 2.62 bits per heavy atom. The number of fused-ring (bicyclic) bond motifs is 1. The molecule has 2 amide bonds. The Bertz CT molecular complexity index is 635. The van der Waals surface area contributed by atoms with Crippen LogP contribution in [-0.2, 0) is 11.8 Å². The maximum absolute atomic E-state index is 12.7. The van der Waals surface area contributed by atoms with Gasteiger partial charge in [-0.2, -0.15) is 0 Å². The molecule has 0 unspecified atom stereocenters. The Morgan fingerprint density at radius 1 is 1.17 bits per heavy atom. The summed E-state index contributed by atoms with van der Waals surface area (Å²) >= 11 is 0. The van der Waals surface area contributed by atoms with Crippen molar-refractivity contribution >= 4 is 11.8 Å². The number of amides is 2. The molecule has 6 nitrogen and oxygen atoms in total. The van der Waals surface area contributed by atoms with E-state index < -0.39 is 0 Å². The van der Waals surface area contributed by atoms with Gasteiger partial charge in [-0.25, -0.2) is 0 Å². The summed E-state index contributed by atoms with van der Waals surface area (Å²) in [4.78, 5) is 31.6. The Labute approximate surface area is 143 Å². The first kappa shape index (κ1) is 15.7. The zero-order chi connectivity index (χ0) is 16.7. The zero-order valence-electron chi connectivity index (χ0n) is 14.4. The van der Waals surface area contributed by atoms with E-state index in [4.69, 9.17) is 0 Å². The second-order valence-electron chi connectivity index (χ2n) is 7.41. The SMILES string of the molecule is Cn1cccc1C(=O)N1C[C@H]2CN(CCN3CCCC3)C(=O)[C@H]2C1. The minimum atomic E-state index is 0.00722. The average Bonchev–Trinajstić information content (AvgIpc) is 3.32. The van der Waals surface area contributed by atoms with Gasteiger partial charge in [-0.05, 0) is 38.1 Å². The number of aromatic nitrogens is 1. The molecular formula is C18H26N4O2. The van der Waals surface area contributed by atoms with E-state index in [0.29, 0.717) is 24.7 Å². The fraction of sp³-hybridized carbons (Fsp3) is 0.667. The summed E-state index contributed by atoms with van der Waals surface area (Å²) in [6, 6.07) is 3.73. The smallest absolute Gasteiger partial charge is 0.270 e. The number of rotatable bonds is 4. The number of aryl methyl sites for hydroxylation is 1. The van der Waals surface area contributed by atoms with Gasteiger partial charge in [0.05, 0.1) is 5.92 Å². The molecule has 2 atom stereocenters. The molecule has 0 aromatic carbocycles. The van der Waals surface area contributed by atoms with E-state index in [9.17, 15) is 9.59 Å². The maximum atomic E-state index is 12.7. The fourth-order valence-electron chi connectivity index (χ4n) is 4.42. The lowest BCUT2D eigenvalue weighted by molar-refractivity contribution is -0.131. The topological polar surface area (TPSA) is 48.8 Å². The lowest BCUT2D eigenvalue weighted by atomic mass is 10.0. The monoisotopic (exact) mass is 330 g/mol. The van der Waals surface area contributed by atoms with Gasteiger partial charge >= 0.3 is 0 Å². The molecule has 0 spiro atoms. The van der Waals surface area contributed by atoms with E-state index in [0.717, 1.165) is 19.6 Å². The highest BCUT2D eigenvalue weighted by Gasteiger charge is 2.47. The molecule has 130 valence electrons. The molecule has 1 aromatic heterocycles. The molecule has 0 radical (unpaired) electrons. The quantitative estimate of drug-likeness (QED) is 0.814. The van der Waals surface area contributed by atoms with Crippen LogP contribution in [0.4, 0.5) is 0 Å². The van der Waals surface area contributed by atoms with Gasteiger partial charge in [0.1, 0.15) is 5.69 Å². The lowest BCUT2D eigenvalue weighted by Gasteiger charge is -2.24. The third-order valence-electron chi connectivity index (χ3n) is 5.86. The van der Waals surface area contributed by atoms with Crippen molar-refractivity contribution in [3.63, 3.8) is 0 Å². The van der Waals surface area contributed by atoms with Crippen molar-refractivity contribution in [2.45, 2.75) is 12.8 Å². The number of nitrogens with zero attached hydrogens (tertiary/aromatic N) is 4. The van der Waals surface area contributed by atoms with Crippen LogP contribution in [0.25, 0.3) is 0 Å². The first-order chi connectivity index (χ1) is 11.6. The third-order valence-corrected chi connectivity index (χ3v) is 5.86. The summed E-state index contributed by atoms with van der Waals surface area (Å²) < 4.78 is 1.85. The largest absolute Gasteiger partial charge is 0.347 e. The van der Waals surface area contributed by atoms with E-state index in [1.807, 2.05) is 39.7 Å². The van der Waals surface area contributed by atoms with Crippen LogP contribution in [-0.4, -0.2) is 76.9 Å². The van der Waals surface area contributed by atoms with E-state index >= 15 is 0 Å². The van der Waals surface area contributed by atoms with E-state index in [1.54, 1.807) is 0 Å². The molecule has 0 aliphatic carbocycles. The van der Waals surface area contributed by atoms with Crippen molar-refractivity contribution in [1.82, 2.24) is 19.3 Å².